The first kappa shape index (κ1) is 22.7. The first-order valence-electron chi connectivity index (χ1n) is 9.05. The summed E-state index contributed by atoms with van der Waals surface area (Å²) in [5, 5.41) is 11.3. The van der Waals surface area contributed by atoms with Gasteiger partial charge in [0.2, 0.25) is 0 Å². The quantitative estimate of drug-likeness (QED) is 0.371. The number of carbonyl (C=O) groups is 3. The van der Waals surface area contributed by atoms with Crippen LogP contribution in [0, 0.1) is 0 Å². The molecule has 2 amide bonds. The molecule has 0 unspecified atom stereocenters. The highest BCUT2D eigenvalue weighted by molar-refractivity contribution is 7.80. The van der Waals surface area contributed by atoms with Crippen molar-refractivity contribution in [1.29, 1.82) is 0 Å². The molecule has 160 valence electrons. The fourth-order valence-electron chi connectivity index (χ4n) is 2.87. The highest BCUT2D eigenvalue weighted by Crippen LogP contribution is 2.35. The van der Waals surface area contributed by atoms with Crippen LogP contribution in [0.25, 0.3) is 6.08 Å². The highest BCUT2D eigenvalue weighted by atomic mass is 35.5. The van der Waals surface area contributed by atoms with Crippen molar-refractivity contribution >= 4 is 70.1 Å². The smallest absolute Gasteiger partial charge is 0.341 e. The summed E-state index contributed by atoms with van der Waals surface area (Å²) in [7, 11) is 0. The SMILES string of the molecule is CCc1ccc(N2C(=O)C(=Cc3cc(Cl)c(OCC(=O)O)c(Cl)c3)C(=O)NC2=S)cc1. The molecule has 0 spiro atoms. The predicted octanol–water partition coefficient (Wildman–Crippen LogP) is 3.85. The van der Waals surface area contributed by atoms with Crippen LogP contribution < -0.4 is 15.0 Å². The Balaban J connectivity index is 1.95. The van der Waals surface area contributed by atoms with Gasteiger partial charge in [-0.3, -0.25) is 19.8 Å². The lowest BCUT2D eigenvalue weighted by molar-refractivity contribution is -0.139. The molecule has 1 aliphatic rings. The number of carboxylic acids is 1. The number of halogens is 2. The van der Waals surface area contributed by atoms with Crippen LogP contribution in [-0.2, 0) is 20.8 Å². The van der Waals surface area contributed by atoms with Gasteiger partial charge in [0, 0.05) is 0 Å². The minimum absolute atomic E-state index is 0.00822. The molecule has 3 rings (SSSR count). The Morgan fingerprint density at radius 2 is 1.81 bits per heavy atom. The third-order valence-corrected chi connectivity index (χ3v) is 5.22. The zero-order valence-electron chi connectivity index (χ0n) is 16.1. The largest absolute Gasteiger partial charge is 0.479 e. The molecule has 1 fully saturated rings. The molecule has 0 aliphatic carbocycles. The monoisotopic (exact) mass is 478 g/mol. The van der Waals surface area contributed by atoms with Crippen molar-refractivity contribution in [1.82, 2.24) is 5.32 Å². The van der Waals surface area contributed by atoms with E-state index in [-0.39, 0.29) is 26.5 Å². The van der Waals surface area contributed by atoms with Crippen LogP contribution in [0.5, 0.6) is 5.75 Å². The molecule has 2 N–H and O–H groups in total. The van der Waals surface area contributed by atoms with E-state index in [0.717, 1.165) is 12.0 Å². The van der Waals surface area contributed by atoms with Gasteiger partial charge in [0.1, 0.15) is 5.57 Å². The van der Waals surface area contributed by atoms with Crippen molar-refractivity contribution in [3.8, 4) is 5.75 Å². The molecule has 1 aliphatic heterocycles. The number of hydrogen-bond donors (Lipinski definition) is 2. The molecular weight excluding hydrogens is 463 g/mol. The average molecular weight is 479 g/mol. The first-order valence-corrected chi connectivity index (χ1v) is 10.2. The van der Waals surface area contributed by atoms with Gasteiger partial charge in [-0.1, -0.05) is 42.3 Å². The number of carboxylic acid groups (broad SMARTS) is 1. The Hall–Kier alpha value is -2.94. The van der Waals surface area contributed by atoms with E-state index >= 15 is 0 Å². The van der Waals surface area contributed by atoms with E-state index in [1.165, 1.54) is 23.1 Å². The van der Waals surface area contributed by atoms with Gasteiger partial charge in [0.25, 0.3) is 11.8 Å². The standard InChI is InChI=1S/C21H16Cl2N2O5S/c1-2-11-3-5-13(6-4-11)25-20(29)14(19(28)24-21(25)31)7-12-8-15(22)18(16(23)9-12)30-10-17(26)27/h3-9H,2,10H2,1H3,(H,26,27)(H,24,28,31). The number of ether oxygens (including phenoxy) is 1. The third-order valence-electron chi connectivity index (χ3n) is 4.38. The molecule has 7 nitrogen and oxygen atoms in total. The van der Waals surface area contributed by atoms with Crippen LogP contribution in [0.1, 0.15) is 18.1 Å². The molecule has 31 heavy (non-hydrogen) atoms. The summed E-state index contributed by atoms with van der Waals surface area (Å²) >= 11 is 17.5. The molecule has 0 bridgehead atoms. The van der Waals surface area contributed by atoms with Crippen LogP contribution >= 0.6 is 35.4 Å². The Labute approximate surface area is 193 Å². The lowest BCUT2D eigenvalue weighted by Gasteiger charge is -2.29. The second-order valence-electron chi connectivity index (χ2n) is 6.47. The van der Waals surface area contributed by atoms with E-state index in [9.17, 15) is 14.4 Å². The van der Waals surface area contributed by atoms with Gasteiger partial charge in [-0.25, -0.2) is 4.79 Å². The van der Waals surface area contributed by atoms with Gasteiger partial charge in [-0.2, -0.15) is 0 Å². The van der Waals surface area contributed by atoms with E-state index in [4.69, 9.17) is 45.3 Å². The van der Waals surface area contributed by atoms with Gasteiger partial charge >= 0.3 is 5.97 Å². The van der Waals surface area contributed by atoms with Crippen molar-refractivity contribution < 1.29 is 24.2 Å². The van der Waals surface area contributed by atoms with Gasteiger partial charge < -0.3 is 9.84 Å². The maximum absolute atomic E-state index is 13.1. The molecule has 1 heterocycles. The third kappa shape index (κ3) is 5.04. The molecular formula is C21H16Cl2N2O5S. The molecule has 0 radical (unpaired) electrons. The van der Waals surface area contributed by atoms with Crippen molar-refractivity contribution in [3.63, 3.8) is 0 Å². The second kappa shape index (κ2) is 9.47. The summed E-state index contributed by atoms with van der Waals surface area (Å²) in [4.78, 5) is 37.4. The summed E-state index contributed by atoms with van der Waals surface area (Å²) in [6.07, 6.45) is 2.17. The molecule has 0 saturated carbocycles. The van der Waals surface area contributed by atoms with Crippen molar-refractivity contribution in [2.24, 2.45) is 0 Å². The van der Waals surface area contributed by atoms with E-state index in [1.54, 1.807) is 12.1 Å². The second-order valence-corrected chi connectivity index (χ2v) is 7.68. The first-order chi connectivity index (χ1) is 14.7. The minimum atomic E-state index is -1.19. The molecule has 0 aromatic heterocycles. The van der Waals surface area contributed by atoms with Crippen molar-refractivity contribution in [3.05, 3.63) is 63.1 Å². The van der Waals surface area contributed by atoms with E-state index < -0.39 is 24.4 Å². The van der Waals surface area contributed by atoms with Gasteiger partial charge in [-0.15, -0.1) is 0 Å². The van der Waals surface area contributed by atoms with Crippen LogP contribution in [0.3, 0.4) is 0 Å². The normalized spacial score (nSPS) is 15.3. The number of carbonyl (C=O) groups excluding carboxylic acids is 2. The number of hydrogen-bond acceptors (Lipinski definition) is 5. The number of aryl methyl sites for hydroxylation is 1. The fraction of sp³-hybridized carbons (Fsp3) is 0.143. The van der Waals surface area contributed by atoms with Gasteiger partial charge in [-0.05, 0) is 60.1 Å². The summed E-state index contributed by atoms with van der Waals surface area (Å²) in [5.74, 6) is -2.46. The Bertz CT molecular complexity index is 1090. The zero-order chi connectivity index (χ0) is 22.7. The Kier molecular flexibility index (Phi) is 6.94. The lowest BCUT2D eigenvalue weighted by Crippen LogP contribution is -2.54. The number of benzene rings is 2. The van der Waals surface area contributed by atoms with Gasteiger partial charge in [0.05, 0.1) is 15.7 Å². The zero-order valence-corrected chi connectivity index (χ0v) is 18.5. The molecule has 2 aromatic rings. The average Bonchev–Trinajstić information content (AvgIpc) is 2.70. The summed E-state index contributed by atoms with van der Waals surface area (Å²) in [5.41, 5.74) is 1.80. The Morgan fingerprint density at radius 1 is 1.19 bits per heavy atom. The van der Waals surface area contributed by atoms with E-state index in [0.29, 0.717) is 11.3 Å². The van der Waals surface area contributed by atoms with Crippen molar-refractivity contribution in [2.75, 3.05) is 11.5 Å². The van der Waals surface area contributed by atoms with Crippen LogP contribution in [-0.4, -0.2) is 34.6 Å². The van der Waals surface area contributed by atoms with Crippen LogP contribution in [0.2, 0.25) is 10.0 Å². The highest BCUT2D eigenvalue weighted by Gasteiger charge is 2.34. The molecule has 2 aromatic carbocycles. The number of nitrogens with zero attached hydrogens (tertiary/aromatic N) is 1. The number of thiocarbonyl (C=S) groups is 1. The summed E-state index contributed by atoms with van der Waals surface area (Å²) in [6, 6.07) is 10.1. The molecule has 10 heteroatoms. The van der Waals surface area contributed by atoms with Crippen LogP contribution in [0.4, 0.5) is 5.69 Å². The number of aliphatic carboxylic acids is 1. The topological polar surface area (TPSA) is 95.9 Å². The summed E-state index contributed by atoms with van der Waals surface area (Å²) < 4.78 is 5.07. The van der Waals surface area contributed by atoms with Crippen LogP contribution in [0.15, 0.2) is 42.0 Å². The van der Waals surface area contributed by atoms with E-state index in [2.05, 4.69) is 5.32 Å². The number of amides is 2. The van der Waals surface area contributed by atoms with Crippen molar-refractivity contribution in [2.45, 2.75) is 13.3 Å². The summed E-state index contributed by atoms with van der Waals surface area (Å²) in [6.45, 7) is 1.39. The lowest BCUT2D eigenvalue weighted by atomic mass is 10.1. The Morgan fingerprint density at radius 3 is 2.35 bits per heavy atom. The number of nitrogens with one attached hydrogen (secondary N) is 1. The fourth-order valence-corrected chi connectivity index (χ4v) is 3.77. The number of rotatable bonds is 6. The van der Waals surface area contributed by atoms with E-state index in [1.807, 2.05) is 19.1 Å². The maximum Gasteiger partial charge on any atom is 0.341 e. The van der Waals surface area contributed by atoms with Gasteiger partial charge in [0.15, 0.2) is 17.5 Å². The maximum atomic E-state index is 13.1. The number of anilines is 1. The molecule has 0 atom stereocenters. The molecule has 1 saturated heterocycles. The minimum Gasteiger partial charge on any atom is -0.479 e. The predicted molar refractivity (Wildman–Crippen MR) is 122 cm³/mol.